The predicted octanol–water partition coefficient (Wildman–Crippen LogP) is 4.86. The summed E-state index contributed by atoms with van der Waals surface area (Å²) in [6, 6.07) is 23.4. The highest BCUT2D eigenvalue weighted by Gasteiger charge is 2.41. The number of hydrogen-bond donors (Lipinski definition) is 1. The number of carbonyl (C=O) groups is 4. The number of nitrogens with two attached hydrogens (primary N) is 1. The van der Waals surface area contributed by atoms with Crippen LogP contribution in [0.5, 0.6) is 5.75 Å². The molecule has 4 aromatic rings. The van der Waals surface area contributed by atoms with Gasteiger partial charge in [-0.15, -0.1) is 0 Å². The monoisotopic (exact) mass is 631 g/mol. The van der Waals surface area contributed by atoms with Gasteiger partial charge in [0.15, 0.2) is 12.4 Å². The van der Waals surface area contributed by atoms with E-state index in [2.05, 4.69) is 11.1 Å². The van der Waals surface area contributed by atoms with Gasteiger partial charge in [-0.05, 0) is 48.9 Å². The predicted molar refractivity (Wildman–Crippen MR) is 169 cm³/mol. The zero-order valence-electron chi connectivity index (χ0n) is 24.6. The molecule has 0 radical (unpaired) electrons. The zero-order valence-corrected chi connectivity index (χ0v) is 25.5. The topological polar surface area (TPSA) is 176 Å². The van der Waals surface area contributed by atoms with Gasteiger partial charge in [-0.1, -0.05) is 53.7 Å². The molecule has 2 N–H and O–H groups in total. The second-order valence-electron chi connectivity index (χ2n) is 10.2. The number of anilines is 2. The smallest absolute Gasteiger partial charge is 0.338 e. The van der Waals surface area contributed by atoms with Gasteiger partial charge in [0.1, 0.15) is 34.3 Å². The number of amides is 2. The zero-order chi connectivity index (χ0) is 33.0. The lowest BCUT2D eigenvalue weighted by Gasteiger charge is -2.16. The number of carbonyl (C=O) groups excluding carboxylic acids is 4. The van der Waals surface area contributed by atoms with Gasteiger partial charge in [-0.25, -0.2) is 14.7 Å². The maximum Gasteiger partial charge on any atom is 0.338 e. The summed E-state index contributed by atoms with van der Waals surface area (Å²) in [5, 5.41) is 19.1. The van der Waals surface area contributed by atoms with Gasteiger partial charge >= 0.3 is 5.97 Å². The van der Waals surface area contributed by atoms with Crippen LogP contribution in [-0.2, 0) is 14.3 Å². The van der Waals surface area contributed by atoms with E-state index in [1.165, 1.54) is 37.4 Å². The van der Waals surface area contributed by atoms with Crippen LogP contribution in [0.4, 0.5) is 11.5 Å². The van der Waals surface area contributed by atoms with Crippen molar-refractivity contribution in [3.63, 3.8) is 0 Å². The molecule has 0 spiro atoms. The molecular weight excluding hydrogens is 606 g/mol. The van der Waals surface area contributed by atoms with Crippen molar-refractivity contribution in [2.24, 2.45) is 0 Å². The molecule has 12 heteroatoms. The first-order chi connectivity index (χ1) is 22.1. The molecule has 3 aromatic carbocycles. The van der Waals surface area contributed by atoms with Crippen LogP contribution in [0.2, 0.25) is 0 Å². The van der Waals surface area contributed by atoms with Crippen LogP contribution in [-0.4, -0.2) is 47.5 Å². The molecule has 0 saturated carbocycles. The number of nitriles is 2. The van der Waals surface area contributed by atoms with E-state index in [1.54, 1.807) is 30.3 Å². The lowest BCUT2D eigenvalue weighted by Crippen LogP contribution is -2.31. The van der Waals surface area contributed by atoms with Crippen molar-refractivity contribution in [1.82, 2.24) is 4.98 Å². The van der Waals surface area contributed by atoms with Crippen molar-refractivity contribution < 1.29 is 28.7 Å². The number of esters is 1. The number of nitrogen functional groups attached to an aromatic ring is 1. The number of ether oxygens (including phenoxy) is 2. The number of imide groups is 1. The molecule has 1 aromatic heterocycles. The van der Waals surface area contributed by atoms with Crippen LogP contribution in [0.15, 0.2) is 77.8 Å². The Labute approximate surface area is 268 Å². The molecular formula is C34H25N5O6S. The highest BCUT2D eigenvalue weighted by molar-refractivity contribution is 8.00. The molecule has 0 aliphatic carbocycles. The number of rotatable bonds is 9. The molecule has 1 unspecified atom stereocenters. The number of ketones is 1. The minimum Gasteiger partial charge on any atom is -0.497 e. The second-order valence-corrected chi connectivity index (χ2v) is 11.4. The Morgan fingerprint density at radius 1 is 1.00 bits per heavy atom. The van der Waals surface area contributed by atoms with Gasteiger partial charge in [0, 0.05) is 17.5 Å². The fourth-order valence-corrected chi connectivity index (χ4v) is 5.95. The van der Waals surface area contributed by atoms with E-state index in [4.69, 9.17) is 15.2 Å². The molecule has 5 rings (SSSR count). The summed E-state index contributed by atoms with van der Waals surface area (Å²) in [5.41, 5.74) is 8.79. The molecule has 1 aliphatic rings. The van der Waals surface area contributed by atoms with Crippen molar-refractivity contribution in [3.8, 4) is 29.0 Å². The van der Waals surface area contributed by atoms with Gasteiger partial charge < -0.3 is 15.2 Å². The number of pyridine rings is 1. The number of benzene rings is 3. The van der Waals surface area contributed by atoms with Gasteiger partial charge in [0.05, 0.1) is 29.2 Å². The summed E-state index contributed by atoms with van der Waals surface area (Å²) in [6.45, 7) is 1.42. The summed E-state index contributed by atoms with van der Waals surface area (Å²) in [7, 11) is 1.48. The summed E-state index contributed by atoms with van der Waals surface area (Å²) in [5.74, 6) is -1.80. The Bertz CT molecular complexity index is 1960. The van der Waals surface area contributed by atoms with Gasteiger partial charge in [-0.2, -0.15) is 10.5 Å². The number of Topliss-reactive ketones (excluding diaryl/α,β-unsaturated/α-hetero) is 1. The molecule has 1 saturated heterocycles. The molecule has 0 bridgehead atoms. The molecule has 1 fully saturated rings. The van der Waals surface area contributed by atoms with Crippen LogP contribution in [0.3, 0.4) is 0 Å². The van der Waals surface area contributed by atoms with Crippen molar-refractivity contribution in [2.45, 2.75) is 23.6 Å². The molecule has 2 amide bonds. The number of thioether (sulfide) groups is 1. The maximum absolute atomic E-state index is 13.4. The SMILES string of the molecule is COc1cccc(C(=O)COC(=O)c2ccc(N3C(=O)CC(Sc4nc(N)c(C#N)c(-c5ccc(C)cc5)c4C#N)C3=O)cc2)c1. The standard InChI is InChI=1S/C34H25N5O6S/c1-19-6-8-20(9-7-19)30-25(16-35)31(37)38-32(26(30)17-36)46-28-15-29(41)39(33(28)42)23-12-10-21(11-13-23)34(43)45-18-27(40)22-4-3-5-24(14-22)44-2/h3-14,28H,15,18H2,1-2H3,(H2,37,38). The third kappa shape index (κ3) is 6.29. The summed E-state index contributed by atoms with van der Waals surface area (Å²) in [6.07, 6.45) is -0.175. The minimum atomic E-state index is -0.919. The number of aryl methyl sites for hydroxylation is 1. The Hall–Kier alpha value is -5.98. The first-order valence-electron chi connectivity index (χ1n) is 13.8. The first kappa shape index (κ1) is 31.4. The maximum atomic E-state index is 13.4. The summed E-state index contributed by atoms with van der Waals surface area (Å²) < 4.78 is 10.3. The lowest BCUT2D eigenvalue weighted by atomic mass is 9.96. The second kappa shape index (κ2) is 13.3. The van der Waals surface area contributed by atoms with Crippen LogP contribution in [0.1, 0.15) is 43.8 Å². The fraction of sp³-hybridized carbons (Fsp3) is 0.147. The van der Waals surface area contributed by atoms with Gasteiger partial charge in [0.25, 0.3) is 0 Å². The number of nitrogens with zero attached hydrogens (tertiary/aromatic N) is 4. The van der Waals surface area contributed by atoms with Crippen molar-refractivity contribution in [3.05, 3.63) is 101 Å². The number of hydrogen-bond acceptors (Lipinski definition) is 11. The first-order valence-corrected chi connectivity index (χ1v) is 14.7. The summed E-state index contributed by atoms with van der Waals surface area (Å²) in [4.78, 5) is 56.7. The Kier molecular flexibility index (Phi) is 9.12. The largest absolute Gasteiger partial charge is 0.497 e. The third-order valence-corrected chi connectivity index (χ3v) is 8.37. The molecule has 228 valence electrons. The Balaban J connectivity index is 1.31. The molecule has 1 aliphatic heterocycles. The minimum absolute atomic E-state index is 0.0449. The number of aromatic nitrogens is 1. The average Bonchev–Trinajstić information content (AvgIpc) is 3.35. The van der Waals surface area contributed by atoms with E-state index in [0.29, 0.717) is 22.4 Å². The Morgan fingerprint density at radius 3 is 2.35 bits per heavy atom. The normalized spacial score (nSPS) is 14.0. The van der Waals surface area contributed by atoms with Gasteiger partial charge in [0.2, 0.25) is 11.8 Å². The third-order valence-electron chi connectivity index (χ3n) is 7.20. The fourth-order valence-electron chi connectivity index (χ4n) is 4.84. The van der Waals surface area contributed by atoms with E-state index in [0.717, 1.165) is 22.2 Å². The number of methoxy groups -OCH3 is 1. The molecule has 46 heavy (non-hydrogen) atoms. The van der Waals surface area contributed by atoms with Gasteiger partial charge in [-0.3, -0.25) is 14.4 Å². The molecule has 2 heterocycles. The van der Waals surface area contributed by atoms with E-state index < -0.39 is 35.4 Å². The highest BCUT2D eigenvalue weighted by atomic mass is 32.2. The summed E-state index contributed by atoms with van der Waals surface area (Å²) >= 11 is 0.927. The van der Waals surface area contributed by atoms with E-state index >= 15 is 0 Å². The van der Waals surface area contributed by atoms with E-state index in [1.807, 2.05) is 25.1 Å². The quantitative estimate of drug-likeness (QED) is 0.152. The molecule has 11 nitrogen and oxygen atoms in total. The van der Waals surface area contributed by atoms with Crippen LogP contribution in [0.25, 0.3) is 11.1 Å². The molecule has 1 atom stereocenters. The average molecular weight is 632 g/mol. The highest BCUT2D eigenvalue weighted by Crippen LogP contribution is 2.40. The van der Waals surface area contributed by atoms with Crippen molar-refractivity contribution in [2.75, 3.05) is 24.4 Å². The Morgan fingerprint density at radius 2 is 1.70 bits per heavy atom. The van der Waals surface area contributed by atoms with Crippen LogP contribution >= 0.6 is 11.8 Å². The van der Waals surface area contributed by atoms with Crippen molar-refractivity contribution >= 4 is 46.8 Å². The van der Waals surface area contributed by atoms with Crippen LogP contribution < -0.4 is 15.4 Å². The van der Waals surface area contributed by atoms with Crippen LogP contribution in [0, 0.1) is 29.6 Å². The van der Waals surface area contributed by atoms with Crippen molar-refractivity contribution in [1.29, 1.82) is 10.5 Å². The van der Waals surface area contributed by atoms with E-state index in [9.17, 15) is 29.7 Å². The van der Waals surface area contributed by atoms with E-state index in [-0.39, 0.29) is 39.6 Å². The lowest BCUT2D eigenvalue weighted by molar-refractivity contribution is -0.121.